The van der Waals surface area contributed by atoms with Crippen molar-refractivity contribution < 1.29 is 9.59 Å². The second-order valence-electron chi connectivity index (χ2n) is 5.63. The number of likely N-dealkylation sites (N-methyl/N-ethyl adjacent to an activating group) is 1. The van der Waals surface area contributed by atoms with Crippen molar-refractivity contribution in [3.8, 4) is 0 Å². The van der Waals surface area contributed by atoms with Crippen LogP contribution in [0.15, 0.2) is 36.4 Å². The maximum atomic E-state index is 12.0. The average Bonchev–Trinajstić information content (AvgIpc) is 2.94. The van der Waals surface area contributed by atoms with E-state index >= 15 is 0 Å². The van der Waals surface area contributed by atoms with E-state index in [-0.39, 0.29) is 18.4 Å². The summed E-state index contributed by atoms with van der Waals surface area (Å²) in [4.78, 5) is 25.5. The summed E-state index contributed by atoms with van der Waals surface area (Å²) in [5, 5.41) is 2.80. The van der Waals surface area contributed by atoms with E-state index in [4.69, 9.17) is 0 Å². The molecule has 1 aromatic rings. The lowest BCUT2D eigenvalue weighted by Crippen LogP contribution is -2.35. The second-order valence-corrected chi connectivity index (χ2v) is 5.63. The van der Waals surface area contributed by atoms with Crippen molar-refractivity contribution in [3.63, 3.8) is 0 Å². The van der Waals surface area contributed by atoms with Crippen LogP contribution < -0.4 is 5.32 Å². The van der Waals surface area contributed by atoms with Crippen LogP contribution in [-0.2, 0) is 9.59 Å². The zero-order valence-electron chi connectivity index (χ0n) is 12.6. The molecule has 2 amide bonds. The van der Waals surface area contributed by atoms with E-state index in [1.165, 1.54) is 4.90 Å². The largest absolute Gasteiger partial charge is 0.336 e. The molecule has 21 heavy (non-hydrogen) atoms. The zero-order valence-corrected chi connectivity index (χ0v) is 12.6. The molecule has 0 fully saturated rings. The highest BCUT2D eigenvalue weighted by atomic mass is 16.2. The number of nitrogens with one attached hydrogen (secondary N) is 1. The van der Waals surface area contributed by atoms with E-state index in [0.717, 1.165) is 24.1 Å². The summed E-state index contributed by atoms with van der Waals surface area (Å²) in [6.07, 6.45) is 6.79. The normalized spacial score (nSPS) is 16.8. The van der Waals surface area contributed by atoms with Crippen molar-refractivity contribution in [2.24, 2.45) is 5.92 Å². The Bertz CT molecular complexity index is 534. The topological polar surface area (TPSA) is 49.4 Å². The Kier molecular flexibility index (Phi) is 5.14. The number of nitrogens with zero attached hydrogens (tertiary/aromatic N) is 1. The van der Waals surface area contributed by atoms with Crippen molar-refractivity contribution in [2.45, 2.75) is 26.2 Å². The molecule has 1 unspecified atom stereocenters. The second kappa shape index (κ2) is 7.07. The van der Waals surface area contributed by atoms with E-state index in [0.29, 0.717) is 12.3 Å². The molecule has 1 atom stereocenters. The highest BCUT2D eigenvalue weighted by Gasteiger charge is 2.18. The Morgan fingerprint density at radius 3 is 2.62 bits per heavy atom. The highest BCUT2D eigenvalue weighted by molar-refractivity contribution is 5.94. The fraction of sp³-hybridized carbons (Fsp3) is 0.412. The SMILES string of the molecule is Cc1ccc(NC(=O)CN(C)C(=O)CC2C=CCC2)cc1. The molecule has 0 radical (unpaired) electrons. The predicted molar refractivity (Wildman–Crippen MR) is 83.9 cm³/mol. The van der Waals surface area contributed by atoms with Gasteiger partial charge in [0.1, 0.15) is 0 Å². The molecule has 0 aliphatic heterocycles. The van der Waals surface area contributed by atoms with Crippen LogP contribution in [0.25, 0.3) is 0 Å². The van der Waals surface area contributed by atoms with Gasteiger partial charge in [-0.05, 0) is 37.8 Å². The van der Waals surface area contributed by atoms with Gasteiger partial charge in [-0.1, -0.05) is 29.8 Å². The lowest BCUT2D eigenvalue weighted by Gasteiger charge is -2.18. The number of hydrogen-bond donors (Lipinski definition) is 1. The monoisotopic (exact) mass is 286 g/mol. The Balaban J connectivity index is 1.79. The number of allylic oxidation sites excluding steroid dienone is 2. The van der Waals surface area contributed by atoms with Gasteiger partial charge in [0, 0.05) is 19.2 Å². The van der Waals surface area contributed by atoms with Crippen LogP contribution in [0.3, 0.4) is 0 Å². The van der Waals surface area contributed by atoms with Crippen molar-refractivity contribution in [1.82, 2.24) is 4.90 Å². The third-order valence-electron chi connectivity index (χ3n) is 3.69. The minimum absolute atomic E-state index is 0.0191. The Morgan fingerprint density at radius 2 is 2.00 bits per heavy atom. The van der Waals surface area contributed by atoms with Crippen molar-refractivity contribution in [2.75, 3.05) is 18.9 Å². The number of carbonyl (C=O) groups excluding carboxylic acids is 2. The van der Waals surface area contributed by atoms with E-state index in [2.05, 4.69) is 17.5 Å². The molecule has 1 N–H and O–H groups in total. The summed E-state index contributed by atoms with van der Waals surface area (Å²) in [5.74, 6) is 0.183. The van der Waals surface area contributed by atoms with Crippen LogP contribution >= 0.6 is 0 Å². The number of hydrogen-bond acceptors (Lipinski definition) is 2. The molecule has 4 nitrogen and oxygen atoms in total. The Labute approximate surface area is 125 Å². The minimum Gasteiger partial charge on any atom is -0.336 e. The molecular weight excluding hydrogens is 264 g/mol. The van der Waals surface area contributed by atoms with Gasteiger partial charge in [0.05, 0.1) is 6.54 Å². The van der Waals surface area contributed by atoms with Crippen molar-refractivity contribution >= 4 is 17.5 Å². The first-order valence-corrected chi connectivity index (χ1v) is 7.32. The van der Waals surface area contributed by atoms with Crippen LogP contribution in [0.1, 0.15) is 24.8 Å². The maximum absolute atomic E-state index is 12.0. The van der Waals surface area contributed by atoms with Gasteiger partial charge in [0.25, 0.3) is 0 Å². The molecule has 0 saturated heterocycles. The number of rotatable bonds is 5. The quantitative estimate of drug-likeness (QED) is 0.846. The number of benzene rings is 1. The van der Waals surface area contributed by atoms with Crippen molar-refractivity contribution in [1.29, 1.82) is 0 Å². The van der Waals surface area contributed by atoms with E-state index < -0.39 is 0 Å². The van der Waals surface area contributed by atoms with Gasteiger partial charge in [-0.25, -0.2) is 0 Å². The lowest BCUT2D eigenvalue weighted by atomic mass is 10.0. The lowest BCUT2D eigenvalue weighted by molar-refractivity contribution is -0.133. The standard InChI is InChI=1S/C17H22N2O2/c1-13-7-9-15(10-8-13)18-16(20)12-19(2)17(21)11-14-5-3-4-6-14/h3,5,7-10,14H,4,6,11-12H2,1-2H3,(H,18,20). The smallest absolute Gasteiger partial charge is 0.243 e. The summed E-state index contributed by atoms with van der Waals surface area (Å²) >= 11 is 0. The Morgan fingerprint density at radius 1 is 1.29 bits per heavy atom. The highest BCUT2D eigenvalue weighted by Crippen LogP contribution is 2.20. The minimum atomic E-state index is -0.170. The van der Waals surface area contributed by atoms with Gasteiger partial charge in [0.15, 0.2) is 0 Å². The molecular formula is C17H22N2O2. The first-order chi connectivity index (χ1) is 10.0. The molecule has 0 bridgehead atoms. The summed E-state index contributed by atoms with van der Waals surface area (Å²) in [6, 6.07) is 7.60. The molecule has 1 aromatic carbocycles. The van der Waals surface area contributed by atoms with E-state index in [1.54, 1.807) is 7.05 Å². The summed E-state index contributed by atoms with van der Waals surface area (Å²) in [5.41, 5.74) is 1.90. The van der Waals surface area contributed by atoms with Gasteiger partial charge in [0.2, 0.25) is 11.8 Å². The zero-order chi connectivity index (χ0) is 15.2. The van der Waals surface area contributed by atoms with Crippen LogP contribution in [0.2, 0.25) is 0 Å². The molecule has 0 saturated carbocycles. The fourth-order valence-corrected chi connectivity index (χ4v) is 2.39. The third kappa shape index (κ3) is 4.74. The first-order valence-electron chi connectivity index (χ1n) is 7.32. The van der Waals surface area contributed by atoms with Gasteiger partial charge in [-0.3, -0.25) is 9.59 Å². The van der Waals surface area contributed by atoms with Crippen LogP contribution in [0.4, 0.5) is 5.69 Å². The molecule has 4 heteroatoms. The van der Waals surface area contributed by atoms with Gasteiger partial charge >= 0.3 is 0 Å². The van der Waals surface area contributed by atoms with E-state index in [1.807, 2.05) is 31.2 Å². The summed E-state index contributed by atoms with van der Waals surface area (Å²) < 4.78 is 0. The number of amides is 2. The molecule has 0 spiro atoms. The van der Waals surface area contributed by atoms with Gasteiger partial charge in [-0.15, -0.1) is 0 Å². The fourth-order valence-electron chi connectivity index (χ4n) is 2.39. The summed E-state index contributed by atoms with van der Waals surface area (Å²) in [6.45, 7) is 2.08. The van der Waals surface area contributed by atoms with Crippen molar-refractivity contribution in [3.05, 3.63) is 42.0 Å². The van der Waals surface area contributed by atoms with Gasteiger partial charge < -0.3 is 10.2 Å². The van der Waals surface area contributed by atoms with Gasteiger partial charge in [-0.2, -0.15) is 0 Å². The van der Waals surface area contributed by atoms with Crippen LogP contribution in [-0.4, -0.2) is 30.3 Å². The van der Waals surface area contributed by atoms with Crippen LogP contribution in [0.5, 0.6) is 0 Å². The Hall–Kier alpha value is -2.10. The molecule has 2 rings (SSSR count). The first kappa shape index (κ1) is 15.3. The maximum Gasteiger partial charge on any atom is 0.243 e. The summed E-state index contributed by atoms with van der Waals surface area (Å²) in [7, 11) is 1.68. The number of aryl methyl sites for hydroxylation is 1. The molecule has 0 aromatic heterocycles. The molecule has 1 aliphatic carbocycles. The number of anilines is 1. The van der Waals surface area contributed by atoms with E-state index in [9.17, 15) is 9.59 Å². The predicted octanol–water partition coefficient (Wildman–Crippen LogP) is 2.75. The number of carbonyl (C=O) groups is 2. The molecule has 112 valence electrons. The molecule has 0 heterocycles. The average molecular weight is 286 g/mol. The van der Waals surface area contributed by atoms with Crippen LogP contribution in [0, 0.1) is 12.8 Å². The molecule has 1 aliphatic rings. The third-order valence-corrected chi connectivity index (χ3v) is 3.69.